The normalized spacial score (nSPS) is 10.9. The molecule has 0 saturated carbocycles. The van der Waals surface area contributed by atoms with E-state index in [1.165, 1.54) is 0 Å². The van der Waals surface area contributed by atoms with Gasteiger partial charge in [-0.05, 0) is 34.0 Å². The van der Waals surface area contributed by atoms with Crippen molar-refractivity contribution in [2.24, 2.45) is 0 Å². The van der Waals surface area contributed by atoms with Gasteiger partial charge in [-0.25, -0.2) is 4.98 Å². The molecule has 0 aliphatic rings. The molecule has 0 aliphatic carbocycles. The summed E-state index contributed by atoms with van der Waals surface area (Å²) >= 11 is 3.43. The lowest BCUT2D eigenvalue weighted by molar-refractivity contribution is 0.112. The Morgan fingerprint density at radius 1 is 1.33 bits per heavy atom. The number of nitrogens with two attached hydrogens (primary N) is 1. The van der Waals surface area contributed by atoms with Gasteiger partial charge in [0.15, 0.2) is 21.7 Å². The summed E-state index contributed by atoms with van der Waals surface area (Å²) in [6.45, 7) is 3.01. The number of hydrogen-bond donors (Lipinski definition) is 1. The molecular weight excluding hydrogens is 374 g/mol. The molecule has 124 valence electrons. The Hall–Kier alpha value is -2.48. The van der Waals surface area contributed by atoms with E-state index in [1.807, 2.05) is 29.7 Å². The topological polar surface area (TPSA) is 95.9 Å². The van der Waals surface area contributed by atoms with E-state index in [2.05, 4.69) is 30.9 Å². The summed E-state index contributed by atoms with van der Waals surface area (Å²) in [5, 5.41) is 0. The Balaban J connectivity index is 2.04. The van der Waals surface area contributed by atoms with Gasteiger partial charge in [-0.15, -0.1) is 0 Å². The average Bonchev–Trinajstić information content (AvgIpc) is 2.90. The van der Waals surface area contributed by atoms with Crippen molar-refractivity contribution >= 4 is 39.2 Å². The minimum atomic E-state index is 0.233. The maximum absolute atomic E-state index is 10.9. The Labute approximate surface area is 147 Å². The predicted octanol–water partition coefficient (Wildman–Crippen LogP) is 2.82. The van der Waals surface area contributed by atoms with Crippen LogP contribution in [-0.2, 0) is 6.54 Å². The molecule has 7 nitrogen and oxygen atoms in total. The molecular formula is C16H16BrN5O2. The molecule has 2 aromatic heterocycles. The summed E-state index contributed by atoms with van der Waals surface area (Å²) in [4.78, 5) is 23.9. The minimum Gasteiger partial charge on any atom is -0.463 e. The molecule has 0 aliphatic heterocycles. The lowest BCUT2D eigenvalue weighted by Gasteiger charge is -2.08. The maximum Gasteiger partial charge on any atom is 0.320 e. The number of rotatable bonds is 6. The molecule has 0 radical (unpaired) electrons. The van der Waals surface area contributed by atoms with Crippen LogP contribution in [-0.4, -0.2) is 32.4 Å². The number of ether oxygens (including phenoxy) is 1. The number of aromatic nitrogens is 4. The fourth-order valence-corrected chi connectivity index (χ4v) is 2.79. The summed E-state index contributed by atoms with van der Waals surface area (Å²) in [7, 11) is 0. The fourth-order valence-electron chi connectivity index (χ4n) is 2.32. The summed E-state index contributed by atoms with van der Waals surface area (Å²) in [5.74, 6) is 0.271. The maximum atomic E-state index is 10.9. The van der Waals surface area contributed by atoms with Crippen LogP contribution < -0.4 is 10.5 Å². The number of carbonyl (C=O) groups is 1. The lowest BCUT2D eigenvalue weighted by atomic mass is 10.1. The molecule has 1 aromatic carbocycles. The molecule has 3 aromatic rings. The van der Waals surface area contributed by atoms with Gasteiger partial charge < -0.3 is 10.5 Å². The summed E-state index contributed by atoms with van der Waals surface area (Å²) in [5.41, 5.74) is 8.64. The van der Waals surface area contributed by atoms with E-state index in [9.17, 15) is 4.79 Å². The van der Waals surface area contributed by atoms with Crippen molar-refractivity contribution in [1.82, 2.24) is 19.5 Å². The van der Waals surface area contributed by atoms with Crippen LogP contribution in [0.1, 0.15) is 29.3 Å². The van der Waals surface area contributed by atoms with Crippen LogP contribution in [0.2, 0.25) is 0 Å². The molecule has 0 unspecified atom stereocenters. The lowest BCUT2D eigenvalue weighted by Crippen LogP contribution is -2.06. The first kappa shape index (κ1) is 16.4. The molecule has 0 fully saturated rings. The largest absolute Gasteiger partial charge is 0.463 e. The van der Waals surface area contributed by atoms with Crippen molar-refractivity contribution in [3.8, 4) is 6.01 Å². The van der Waals surface area contributed by atoms with E-state index < -0.39 is 0 Å². The smallest absolute Gasteiger partial charge is 0.320 e. The summed E-state index contributed by atoms with van der Waals surface area (Å²) < 4.78 is 7.93. The van der Waals surface area contributed by atoms with Crippen molar-refractivity contribution in [2.75, 3.05) is 12.3 Å². The molecule has 2 N–H and O–H groups in total. The molecule has 24 heavy (non-hydrogen) atoms. The first-order valence-corrected chi connectivity index (χ1v) is 8.27. The van der Waals surface area contributed by atoms with Crippen molar-refractivity contribution in [3.05, 3.63) is 40.1 Å². The molecule has 0 saturated heterocycles. The Morgan fingerprint density at radius 2 is 2.17 bits per heavy atom. The van der Waals surface area contributed by atoms with Crippen LogP contribution in [0.4, 0.5) is 5.82 Å². The van der Waals surface area contributed by atoms with Gasteiger partial charge in [0.1, 0.15) is 6.29 Å². The van der Waals surface area contributed by atoms with Gasteiger partial charge in [-0.1, -0.05) is 25.1 Å². The van der Waals surface area contributed by atoms with Crippen LogP contribution in [0.5, 0.6) is 6.01 Å². The van der Waals surface area contributed by atoms with Crippen LogP contribution in [0, 0.1) is 0 Å². The second kappa shape index (κ2) is 6.96. The van der Waals surface area contributed by atoms with Gasteiger partial charge in [0.25, 0.3) is 0 Å². The number of imidazole rings is 1. The van der Waals surface area contributed by atoms with Crippen LogP contribution in [0.15, 0.2) is 29.0 Å². The van der Waals surface area contributed by atoms with Gasteiger partial charge in [0, 0.05) is 5.56 Å². The van der Waals surface area contributed by atoms with E-state index in [-0.39, 0.29) is 11.8 Å². The number of anilines is 1. The third kappa shape index (κ3) is 3.23. The van der Waals surface area contributed by atoms with Crippen LogP contribution >= 0.6 is 15.9 Å². The SMILES string of the molecule is CCCOc1nc(N)c2nc(Br)n(Cc3cccc(C=O)c3)c2n1. The van der Waals surface area contributed by atoms with Gasteiger partial charge in [-0.3, -0.25) is 9.36 Å². The molecule has 0 spiro atoms. The highest BCUT2D eigenvalue weighted by Crippen LogP contribution is 2.25. The second-order valence-electron chi connectivity index (χ2n) is 5.24. The van der Waals surface area contributed by atoms with E-state index in [0.717, 1.165) is 18.3 Å². The highest BCUT2D eigenvalue weighted by Gasteiger charge is 2.16. The van der Waals surface area contributed by atoms with E-state index in [4.69, 9.17) is 10.5 Å². The molecule has 3 rings (SSSR count). The molecule has 8 heteroatoms. The predicted molar refractivity (Wildman–Crippen MR) is 94.2 cm³/mol. The number of benzene rings is 1. The van der Waals surface area contributed by atoms with Crippen LogP contribution in [0.3, 0.4) is 0 Å². The van der Waals surface area contributed by atoms with E-state index in [1.54, 1.807) is 6.07 Å². The number of carbonyl (C=O) groups excluding carboxylic acids is 1. The van der Waals surface area contributed by atoms with E-state index in [0.29, 0.717) is 34.6 Å². The quantitative estimate of drug-likeness (QED) is 0.514. The monoisotopic (exact) mass is 389 g/mol. The van der Waals surface area contributed by atoms with Crippen molar-refractivity contribution in [1.29, 1.82) is 0 Å². The van der Waals surface area contributed by atoms with Crippen molar-refractivity contribution < 1.29 is 9.53 Å². The second-order valence-corrected chi connectivity index (χ2v) is 5.95. The zero-order chi connectivity index (χ0) is 17.1. The molecule has 2 heterocycles. The number of halogens is 1. The number of aldehydes is 1. The minimum absolute atomic E-state index is 0.233. The number of fused-ring (bicyclic) bond motifs is 1. The number of nitrogen functional groups attached to an aromatic ring is 1. The van der Waals surface area contributed by atoms with E-state index >= 15 is 0 Å². The van der Waals surface area contributed by atoms with Crippen molar-refractivity contribution in [3.63, 3.8) is 0 Å². The van der Waals surface area contributed by atoms with Crippen LogP contribution in [0.25, 0.3) is 11.2 Å². The molecule has 0 amide bonds. The summed E-state index contributed by atoms with van der Waals surface area (Å²) in [6, 6.07) is 7.59. The Morgan fingerprint density at radius 3 is 2.92 bits per heavy atom. The zero-order valence-corrected chi connectivity index (χ0v) is 14.7. The highest BCUT2D eigenvalue weighted by atomic mass is 79.9. The Bertz CT molecular complexity index is 894. The Kier molecular flexibility index (Phi) is 4.75. The van der Waals surface area contributed by atoms with Gasteiger partial charge in [-0.2, -0.15) is 9.97 Å². The third-order valence-corrected chi connectivity index (χ3v) is 4.02. The molecule has 0 atom stereocenters. The first-order chi connectivity index (χ1) is 11.6. The van der Waals surface area contributed by atoms with Gasteiger partial charge >= 0.3 is 6.01 Å². The molecule has 0 bridgehead atoms. The highest BCUT2D eigenvalue weighted by molar-refractivity contribution is 9.10. The summed E-state index contributed by atoms with van der Waals surface area (Å²) in [6.07, 6.45) is 1.67. The first-order valence-electron chi connectivity index (χ1n) is 7.48. The fraction of sp³-hybridized carbons (Fsp3) is 0.250. The average molecular weight is 390 g/mol. The van der Waals surface area contributed by atoms with Crippen molar-refractivity contribution in [2.45, 2.75) is 19.9 Å². The third-order valence-electron chi connectivity index (χ3n) is 3.42. The van der Waals surface area contributed by atoms with Gasteiger partial charge in [0.2, 0.25) is 0 Å². The zero-order valence-electron chi connectivity index (χ0n) is 13.1. The standard InChI is InChI=1S/C16H16BrN5O2/c1-2-6-24-16-20-13(18)12-14(21-16)22(15(17)19-12)8-10-4-3-5-11(7-10)9-23/h3-5,7,9H,2,6,8H2,1H3,(H2,18,20,21). The van der Waals surface area contributed by atoms with Gasteiger partial charge in [0.05, 0.1) is 13.2 Å². The number of nitrogens with zero attached hydrogens (tertiary/aromatic N) is 4. The number of hydrogen-bond acceptors (Lipinski definition) is 6.